The lowest BCUT2D eigenvalue weighted by Gasteiger charge is -2.03. The van der Waals surface area contributed by atoms with Crippen molar-refractivity contribution in [2.24, 2.45) is 0 Å². The number of aliphatic carboxylic acids is 1. The molecule has 1 N–H and O–H groups in total. The molecule has 0 saturated heterocycles. The van der Waals surface area contributed by atoms with E-state index in [1.54, 1.807) is 12.3 Å². The van der Waals surface area contributed by atoms with Crippen LogP contribution in [0.2, 0.25) is 0 Å². The highest BCUT2D eigenvalue weighted by Gasteiger charge is 2.08. The van der Waals surface area contributed by atoms with Crippen molar-refractivity contribution >= 4 is 12.0 Å². The molecule has 2 rings (SSSR count). The smallest absolute Gasteiger partial charge is 0.331 e. The highest BCUT2D eigenvalue weighted by atomic mass is 16.4. The summed E-state index contributed by atoms with van der Waals surface area (Å²) < 4.78 is 0. The number of rotatable bonds is 4. The molecule has 1 aromatic heterocycles. The van der Waals surface area contributed by atoms with Gasteiger partial charge in [0.1, 0.15) is 0 Å². The first-order valence-corrected chi connectivity index (χ1v) is 6.05. The van der Waals surface area contributed by atoms with Crippen LogP contribution in [0.3, 0.4) is 0 Å². The first kappa shape index (κ1) is 13.0. The van der Waals surface area contributed by atoms with Crippen LogP contribution in [0.4, 0.5) is 0 Å². The molecule has 0 unspecified atom stereocenters. The molecule has 19 heavy (non-hydrogen) atoms. The molecule has 0 saturated carbocycles. The van der Waals surface area contributed by atoms with E-state index in [4.69, 9.17) is 0 Å². The molecule has 0 radical (unpaired) electrons. The number of pyridine rings is 1. The second-order valence-corrected chi connectivity index (χ2v) is 4.37. The Labute approximate surface area is 112 Å². The minimum Gasteiger partial charge on any atom is -0.478 e. The second-order valence-electron chi connectivity index (χ2n) is 4.37. The van der Waals surface area contributed by atoms with Crippen molar-refractivity contribution in [3.8, 4) is 0 Å². The summed E-state index contributed by atoms with van der Waals surface area (Å²) >= 11 is 0. The molecule has 0 atom stereocenters. The standard InChI is InChI=1S/C16H15NO2/c1-12-7-8-14(11-17-12)10-15(16(18)19)9-13-5-3-2-4-6-13/h2-8,10-11H,9H2,1H3,(H,18,19). The Morgan fingerprint density at radius 1 is 1.21 bits per heavy atom. The van der Waals surface area contributed by atoms with Gasteiger partial charge in [-0.1, -0.05) is 36.4 Å². The molecule has 3 heteroatoms. The van der Waals surface area contributed by atoms with Crippen LogP contribution in [0.25, 0.3) is 6.08 Å². The van der Waals surface area contributed by atoms with E-state index in [0.29, 0.717) is 12.0 Å². The maximum atomic E-state index is 11.3. The molecule has 0 spiro atoms. The van der Waals surface area contributed by atoms with Crippen molar-refractivity contribution in [1.29, 1.82) is 0 Å². The van der Waals surface area contributed by atoms with Crippen LogP contribution in [-0.4, -0.2) is 16.1 Å². The molecule has 1 aromatic carbocycles. The van der Waals surface area contributed by atoms with Gasteiger partial charge < -0.3 is 5.11 Å². The van der Waals surface area contributed by atoms with Gasteiger partial charge in [0, 0.05) is 23.9 Å². The van der Waals surface area contributed by atoms with E-state index in [1.807, 2.05) is 49.4 Å². The van der Waals surface area contributed by atoms with Gasteiger partial charge in [0.15, 0.2) is 0 Å². The van der Waals surface area contributed by atoms with E-state index in [2.05, 4.69) is 4.98 Å². The number of carboxylic acids is 1. The summed E-state index contributed by atoms with van der Waals surface area (Å²) in [4.78, 5) is 15.4. The molecule has 1 heterocycles. The van der Waals surface area contributed by atoms with Gasteiger partial charge in [-0.15, -0.1) is 0 Å². The third-order valence-electron chi connectivity index (χ3n) is 2.79. The number of benzene rings is 1. The van der Waals surface area contributed by atoms with Gasteiger partial charge in [0.05, 0.1) is 0 Å². The fraction of sp³-hybridized carbons (Fsp3) is 0.125. The fourth-order valence-electron chi connectivity index (χ4n) is 1.77. The molecule has 0 aliphatic heterocycles. The van der Waals surface area contributed by atoms with Crippen molar-refractivity contribution in [3.05, 3.63) is 71.1 Å². The highest BCUT2D eigenvalue weighted by molar-refractivity contribution is 5.92. The summed E-state index contributed by atoms with van der Waals surface area (Å²) in [6, 6.07) is 13.3. The SMILES string of the molecule is Cc1ccc(C=C(Cc2ccccc2)C(=O)O)cn1. The predicted molar refractivity (Wildman–Crippen MR) is 74.7 cm³/mol. The zero-order valence-corrected chi connectivity index (χ0v) is 10.7. The molecular formula is C16H15NO2. The minimum atomic E-state index is -0.899. The Morgan fingerprint density at radius 2 is 1.95 bits per heavy atom. The number of aromatic nitrogens is 1. The van der Waals surface area contributed by atoms with Crippen LogP contribution in [0.15, 0.2) is 54.2 Å². The lowest BCUT2D eigenvalue weighted by molar-refractivity contribution is -0.132. The Bertz CT molecular complexity index is 586. The first-order valence-electron chi connectivity index (χ1n) is 6.05. The zero-order valence-electron chi connectivity index (χ0n) is 10.7. The van der Waals surface area contributed by atoms with Gasteiger partial charge in [0.25, 0.3) is 0 Å². The summed E-state index contributed by atoms with van der Waals surface area (Å²) in [6.45, 7) is 1.90. The van der Waals surface area contributed by atoms with Crippen molar-refractivity contribution in [2.75, 3.05) is 0 Å². The number of nitrogens with zero attached hydrogens (tertiary/aromatic N) is 1. The number of carbonyl (C=O) groups is 1. The normalized spacial score (nSPS) is 11.3. The van der Waals surface area contributed by atoms with Gasteiger partial charge in [-0.2, -0.15) is 0 Å². The minimum absolute atomic E-state index is 0.358. The van der Waals surface area contributed by atoms with Crippen LogP contribution < -0.4 is 0 Å². The Morgan fingerprint density at radius 3 is 2.53 bits per heavy atom. The molecule has 0 aliphatic rings. The van der Waals surface area contributed by atoms with Gasteiger partial charge >= 0.3 is 5.97 Å². The van der Waals surface area contributed by atoms with Crippen molar-refractivity contribution in [3.63, 3.8) is 0 Å². The number of aryl methyl sites for hydroxylation is 1. The molecule has 2 aromatic rings. The molecule has 0 aliphatic carbocycles. The van der Waals surface area contributed by atoms with Gasteiger partial charge in [-0.25, -0.2) is 4.79 Å². The molecule has 0 amide bonds. The van der Waals surface area contributed by atoms with Crippen LogP contribution in [-0.2, 0) is 11.2 Å². The topological polar surface area (TPSA) is 50.2 Å². The van der Waals surface area contributed by atoms with Crippen LogP contribution in [0, 0.1) is 6.92 Å². The summed E-state index contributed by atoms with van der Waals surface area (Å²) in [6.07, 6.45) is 3.76. The average molecular weight is 253 g/mol. The van der Waals surface area contributed by atoms with Gasteiger partial charge in [-0.05, 0) is 30.2 Å². The quantitative estimate of drug-likeness (QED) is 0.852. The van der Waals surface area contributed by atoms with E-state index < -0.39 is 5.97 Å². The third-order valence-corrected chi connectivity index (χ3v) is 2.79. The molecular weight excluding hydrogens is 238 g/mol. The lowest BCUT2D eigenvalue weighted by Crippen LogP contribution is -2.03. The first-order chi connectivity index (χ1) is 9.15. The monoisotopic (exact) mass is 253 g/mol. The molecule has 0 bridgehead atoms. The number of hydrogen-bond acceptors (Lipinski definition) is 2. The van der Waals surface area contributed by atoms with E-state index >= 15 is 0 Å². The van der Waals surface area contributed by atoms with Crippen LogP contribution >= 0.6 is 0 Å². The maximum Gasteiger partial charge on any atom is 0.331 e. The summed E-state index contributed by atoms with van der Waals surface area (Å²) in [7, 11) is 0. The fourth-order valence-corrected chi connectivity index (χ4v) is 1.77. The second kappa shape index (κ2) is 5.96. The van der Waals surface area contributed by atoms with Crippen molar-refractivity contribution in [1.82, 2.24) is 4.98 Å². The van der Waals surface area contributed by atoms with E-state index in [-0.39, 0.29) is 0 Å². The molecule has 3 nitrogen and oxygen atoms in total. The zero-order chi connectivity index (χ0) is 13.7. The Hall–Kier alpha value is -2.42. The average Bonchev–Trinajstić information content (AvgIpc) is 2.41. The molecule has 0 fully saturated rings. The van der Waals surface area contributed by atoms with Gasteiger partial charge in [-0.3, -0.25) is 4.98 Å². The van der Waals surface area contributed by atoms with Crippen molar-refractivity contribution < 1.29 is 9.90 Å². The summed E-state index contributed by atoms with van der Waals surface area (Å²) in [5.41, 5.74) is 3.06. The Kier molecular flexibility index (Phi) is 4.08. The number of hydrogen-bond donors (Lipinski definition) is 1. The van der Waals surface area contributed by atoms with Crippen LogP contribution in [0.5, 0.6) is 0 Å². The predicted octanol–water partition coefficient (Wildman–Crippen LogP) is 3.10. The third kappa shape index (κ3) is 3.78. The molecule has 96 valence electrons. The van der Waals surface area contributed by atoms with Crippen LogP contribution in [0.1, 0.15) is 16.8 Å². The lowest BCUT2D eigenvalue weighted by atomic mass is 10.0. The number of carboxylic acid groups (broad SMARTS) is 1. The summed E-state index contributed by atoms with van der Waals surface area (Å²) in [5.74, 6) is -0.899. The van der Waals surface area contributed by atoms with E-state index in [1.165, 1.54) is 0 Å². The Balaban J connectivity index is 2.25. The van der Waals surface area contributed by atoms with E-state index in [9.17, 15) is 9.90 Å². The largest absolute Gasteiger partial charge is 0.478 e. The van der Waals surface area contributed by atoms with Gasteiger partial charge in [0.2, 0.25) is 0 Å². The maximum absolute atomic E-state index is 11.3. The van der Waals surface area contributed by atoms with E-state index in [0.717, 1.165) is 16.8 Å². The van der Waals surface area contributed by atoms with Crippen molar-refractivity contribution in [2.45, 2.75) is 13.3 Å². The highest BCUT2D eigenvalue weighted by Crippen LogP contribution is 2.12. The summed E-state index contributed by atoms with van der Waals surface area (Å²) in [5, 5.41) is 9.26.